The van der Waals surface area contributed by atoms with Crippen molar-refractivity contribution in [3.8, 4) is 0 Å². The van der Waals surface area contributed by atoms with Crippen molar-refractivity contribution in [1.29, 1.82) is 0 Å². The molecule has 0 saturated heterocycles. The summed E-state index contributed by atoms with van der Waals surface area (Å²) in [5.41, 5.74) is 16.8. The third kappa shape index (κ3) is 11.8. The first-order valence-corrected chi connectivity index (χ1v) is 11.2. The topological polar surface area (TPSA) is 301 Å². The Bertz CT molecular complexity index is 950. The Hall–Kier alpha value is -4.25. The van der Waals surface area contributed by atoms with E-state index in [0.717, 1.165) is 0 Å². The minimum atomic E-state index is -1.52. The Morgan fingerprint density at radius 1 is 0.973 bits per heavy atom. The maximum Gasteiger partial charge on any atom is 0.326 e. The summed E-state index contributed by atoms with van der Waals surface area (Å²) in [7, 11) is 0. The van der Waals surface area contributed by atoms with Crippen LogP contribution < -0.4 is 33.2 Å². The molecule has 17 nitrogen and oxygen atoms in total. The molecule has 4 atom stereocenters. The van der Waals surface area contributed by atoms with Crippen molar-refractivity contribution >= 4 is 35.6 Å². The zero-order valence-electron chi connectivity index (χ0n) is 19.9. The van der Waals surface area contributed by atoms with E-state index >= 15 is 0 Å². The number of carboxylic acid groups (broad SMARTS) is 2. The Kier molecular flexibility index (Phi) is 13.0. The standard InChI is InChI=1S/C20H33N9O8/c21-11(6-10-7-24-9-26-10)16(33)29-14(8-30)18(35)27-12(3-4-15(31)32)17(34)28-13(19(36)37)2-1-5-25-20(22)23/h7,9,11-14,30H,1-6,8,21H2,(H,24,26)(H,27,35)(H,28,34)(H,29,33)(H,31,32)(H,36,37)(H4,22,23,25). The van der Waals surface area contributed by atoms with Crippen LogP contribution >= 0.6 is 0 Å². The lowest BCUT2D eigenvalue weighted by Crippen LogP contribution is -2.58. The molecule has 37 heavy (non-hydrogen) atoms. The molecule has 1 aromatic heterocycles. The Balaban J connectivity index is 2.83. The summed E-state index contributed by atoms with van der Waals surface area (Å²) in [4.78, 5) is 70.6. The number of carboxylic acids is 2. The van der Waals surface area contributed by atoms with Crippen molar-refractivity contribution in [2.45, 2.75) is 56.3 Å². The molecular weight excluding hydrogens is 494 g/mol. The van der Waals surface area contributed by atoms with Gasteiger partial charge in [0.05, 0.1) is 19.0 Å². The molecule has 0 spiro atoms. The molecular formula is C20H33N9O8. The molecule has 0 aliphatic rings. The van der Waals surface area contributed by atoms with Crippen LogP contribution in [0.4, 0.5) is 0 Å². The van der Waals surface area contributed by atoms with Crippen LogP contribution in [-0.2, 0) is 30.4 Å². The fraction of sp³-hybridized carbons (Fsp3) is 0.550. The molecule has 17 heteroatoms. The summed E-state index contributed by atoms with van der Waals surface area (Å²) in [6.07, 6.45) is 2.14. The van der Waals surface area contributed by atoms with Gasteiger partial charge in [0.15, 0.2) is 5.96 Å². The van der Waals surface area contributed by atoms with Crippen LogP contribution in [0.3, 0.4) is 0 Å². The number of nitrogens with one attached hydrogen (secondary N) is 4. The van der Waals surface area contributed by atoms with E-state index < -0.39 is 73.3 Å². The van der Waals surface area contributed by atoms with E-state index in [9.17, 15) is 34.2 Å². The first kappa shape index (κ1) is 30.8. The zero-order valence-corrected chi connectivity index (χ0v) is 19.9. The van der Waals surface area contributed by atoms with Crippen molar-refractivity contribution in [2.24, 2.45) is 22.2 Å². The Morgan fingerprint density at radius 2 is 1.59 bits per heavy atom. The van der Waals surface area contributed by atoms with Gasteiger partial charge in [-0.25, -0.2) is 9.78 Å². The Morgan fingerprint density at radius 3 is 2.14 bits per heavy atom. The summed E-state index contributed by atoms with van der Waals surface area (Å²) in [6.45, 7) is -0.744. The SMILES string of the molecule is NC(N)=NCCCC(NC(=O)C(CCC(=O)O)NC(=O)C(CO)NC(=O)C(N)Cc1cnc[nH]1)C(=O)O. The minimum absolute atomic E-state index is 0.0546. The summed E-state index contributed by atoms with van der Waals surface area (Å²) < 4.78 is 0. The predicted octanol–water partition coefficient (Wildman–Crippen LogP) is -4.27. The smallest absolute Gasteiger partial charge is 0.326 e. The van der Waals surface area contributed by atoms with E-state index in [2.05, 4.69) is 30.9 Å². The first-order valence-electron chi connectivity index (χ1n) is 11.2. The molecule has 0 saturated carbocycles. The third-order valence-electron chi connectivity index (χ3n) is 4.99. The molecule has 0 aliphatic heterocycles. The lowest BCUT2D eigenvalue weighted by molar-refractivity contribution is -0.143. The number of aromatic nitrogens is 2. The van der Waals surface area contributed by atoms with Crippen molar-refractivity contribution in [3.05, 3.63) is 18.2 Å². The number of aliphatic carboxylic acids is 2. The number of aliphatic hydroxyl groups is 1. The van der Waals surface area contributed by atoms with Gasteiger partial charge in [-0.2, -0.15) is 0 Å². The lowest BCUT2D eigenvalue weighted by atomic mass is 10.1. The summed E-state index contributed by atoms with van der Waals surface area (Å²) >= 11 is 0. The lowest BCUT2D eigenvalue weighted by Gasteiger charge is -2.24. The van der Waals surface area contributed by atoms with Gasteiger partial charge in [-0.3, -0.25) is 24.2 Å². The molecule has 0 fully saturated rings. The maximum absolute atomic E-state index is 12.7. The van der Waals surface area contributed by atoms with Gasteiger partial charge in [0.25, 0.3) is 0 Å². The van der Waals surface area contributed by atoms with Gasteiger partial charge in [0.1, 0.15) is 18.1 Å². The maximum atomic E-state index is 12.7. The molecule has 1 rings (SSSR count). The number of aliphatic imine (C=N–C) groups is 1. The highest BCUT2D eigenvalue weighted by atomic mass is 16.4. The normalized spacial score (nSPS) is 13.9. The van der Waals surface area contributed by atoms with Crippen LogP contribution in [0.15, 0.2) is 17.5 Å². The van der Waals surface area contributed by atoms with Crippen molar-refractivity contribution in [1.82, 2.24) is 25.9 Å². The fourth-order valence-electron chi connectivity index (χ4n) is 3.04. The van der Waals surface area contributed by atoms with Crippen LogP contribution in [0.5, 0.6) is 0 Å². The number of guanidine groups is 1. The van der Waals surface area contributed by atoms with E-state index in [4.69, 9.17) is 22.3 Å². The van der Waals surface area contributed by atoms with Gasteiger partial charge >= 0.3 is 11.9 Å². The molecule has 13 N–H and O–H groups in total. The fourth-order valence-corrected chi connectivity index (χ4v) is 3.04. The summed E-state index contributed by atoms with van der Waals surface area (Å²) in [5.74, 6) is -5.57. The average Bonchev–Trinajstić information content (AvgIpc) is 3.34. The highest BCUT2D eigenvalue weighted by molar-refractivity contribution is 5.94. The number of hydrogen-bond donors (Lipinski definition) is 10. The van der Waals surface area contributed by atoms with Gasteiger partial charge in [-0.1, -0.05) is 0 Å². The molecule has 1 heterocycles. The zero-order chi connectivity index (χ0) is 28.0. The van der Waals surface area contributed by atoms with E-state index in [1.54, 1.807) is 0 Å². The highest BCUT2D eigenvalue weighted by Crippen LogP contribution is 2.04. The number of H-pyrrole nitrogens is 1. The number of carbonyl (C=O) groups excluding carboxylic acids is 3. The Labute approximate surface area is 211 Å². The van der Waals surface area contributed by atoms with Gasteiger partial charge < -0.3 is 53.5 Å². The second-order valence-electron chi connectivity index (χ2n) is 7.97. The summed E-state index contributed by atoms with van der Waals surface area (Å²) in [5, 5.41) is 34.7. The van der Waals surface area contributed by atoms with Crippen LogP contribution in [0.25, 0.3) is 0 Å². The van der Waals surface area contributed by atoms with E-state index in [-0.39, 0.29) is 31.8 Å². The third-order valence-corrected chi connectivity index (χ3v) is 4.99. The predicted molar refractivity (Wildman–Crippen MR) is 128 cm³/mol. The van der Waals surface area contributed by atoms with Crippen LogP contribution in [-0.4, -0.2) is 98.2 Å². The van der Waals surface area contributed by atoms with E-state index in [1.807, 2.05) is 0 Å². The minimum Gasteiger partial charge on any atom is -0.481 e. The number of hydrogen-bond acceptors (Lipinski definition) is 9. The van der Waals surface area contributed by atoms with Gasteiger partial charge in [-0.05, 0) is 19.3 Å². The second-order valence-corrected chi connectivity index (χ2v) is 7.97. The van der Waals surface area contributed by atoms with Gasteiger partial charge in [0, 0.05) is 31.3 Å². The molecule has 206 valence electrons. The monoisotopic (exact) mass is 527 g/mol. The highest BCUT2D eigenvalue weighted by Gasteiger charge is 2.30. The molecule has 0 aliphatic carbocycles. The first-order chi connectivity index (χ1) is 17.4. The van der Waals surface area contributed by atoms with Gasteiger partial charge in [-0.15, -0.1) is 0 Å². The molecule has 4 unspecified atom stereocenters. The summed E-state index contributed by atoms with van der Waals surface area (Å²) in [6, 6.07) is -5.47. The number of nitrogens with zero attached hydrogens (tertiary/aromatic N) is 2. The number of amides is 3. The van der Waals surface area contributed by atoms with Crippen LogP contribution in [0.1, 0.15) is 31.4 Å². The van der Waals surface area contributed by atoms with Gasteiger partial charge in [0.2, 0.25) is 17.7 Å². The second kappa shape index (κ2) is 15.7. The number of aliphatic hydroxyl groups excluding tert-OH is 1. The van der Waals surface area contributed by atoms with E-state index in [0.29, 0.717) is 5.69 Å². The molecule has 0 aromatic carbocycles. The largest absolute Gasteiger partial charge is 0.481 e. The van der Waals surface area contributed by atoms with Crippen molar-refractivity contribution in [3.63, 3.8) is 0 Å². The number of aromatic amines is 1. The number of carbonyl (C=O) groups is 5. The van der Waals surface area contributed by atoms with E-state index in [1.165, 1.54) is 12.5 Å². The van der Waals surface area contributed by atoms with Crippen molar-refractivity contribution in [2.75, 3.05) is 13.2 Å². The number of rotatable bonds is 17. The molecule has 3 amide bonds. The van der Waals surface area contributed by atoms with Crippen LogP contribution in [0, 0.1) is 0 Å². The quantitative estimate of drug-likeness (QED) is 0.0523. The average molecular weight is 528 g/mol. The number of imidazole rings is 1. The molecule has 0 bridgehead atoms. The number of nitrogens with two attached hydrogens (primary N) is 3. The van der Waals surface area contributed by atoms with Crippen molar-refractivity contribution < 1.29 is 39.3 Å². The van der Waals surface area contributed by atoms with Crippen LogP contribution in [0.2, 0.25) is 0 Å². The molecule has 1 aromatic rings. The molecule has 0 radical (unpaired) electrons.